The van der Waals surface area contributed by atoms with Crippen LogP contribution in [0, 0.1) is 6.92 Å². The highest BCUT2D eigenvalue weighted by Gasteiger charge is 2.04. The number of hydrogen-bond donors (Lipinski definition) is 2. The fourth-order valence-electron chi connectivity index (χ4n) is 2.07. The van der Waals surface area contributed by atoms with E-state index in [1.54, 1.807) is 0 Å². The van der Waals surface area contributed by atoms with Crippen LogP contribution in [0.3, 0.4) is 0 Å². The summed E-state index contributed by atoms with van der Waals surface area (Å²) in [4.78, 5) is 3.37. The second-order valence-corrected chi connectivity index (χ2v) is 4.67. The van der Waals surface area contributed by atoms with E-state index in [-0.39, 0.29) is 0 Å². The topological polar surface area (TPSA) is 27.8 Å². The lowest BCUT2D eigenvalue weighted by atomic mass is 10.1. The molecule has 2 N–H and O–H groups in total. The molecule has 0 bridgehead atoms. The second-order valence-electron chi connectivity index (χ2n) is 4.67. The van der Waals surface area contributed by atoms with Gasteiger partial charge in [-0.2, -0.15) is 0 Å². The zero-order chi connectivity index (χ0) is 11.5. The predicted octanol–water partition coefficient (Wildman–Crippen LogP) is 3.02. The summed E-state index contributed by atoms with van der Waals surface area (Å²) in [6.07, 6.45) is 3.22. The van der Waals surface area contributed by atoms with E-state index in [1.807, 2.05) is 0 Å². The Hall–Kier alpha value is -1.28. The first kappa shape index (κ1) is 11.2. The Balaban J connectivity index is 2.16. The van der Waals surface area contributed by atoms with Gasteiger partial charge in [0.25, 0.3) is 0 Å². The summed E-state index contributed by atoms with van der Waals surface area (Å²) in [5, 5.41) is 4.82. The molecule has 2 nitrogen and oxygen atoms in total. The van der Waals surface area contributed by atoms with E-state index in [2.05, 4.69) is 55.5 Å². The highest BCUT2D eigenvalue weighted by molar-refractivity contribution is 5.85. The van der Waals surface area contributed by atoms with Crippen LogP contribution in [0.2, 0.25) is 0 Å². The number of aromatic amines is 1. The van der Waals surface area contributed by atoms with Crippen LogP contribution in [0.5, 0.6) is 0 Å². The minimum absolute atomic E-state index is 0.562. The monoisotopic (exact) mass is 216 g/mol. The van der Waals surface area contributed by atoms with Gasteiger partial charge in [-0.05, 0) is 31.0 Å². The smallest absolute Gasteiger partial charge is 0.0486 e. The van der Waals surface area contributed by atoms with Crippen LogP contribution in [0.15, 0.2) is 24.4 Å². The summed E-state index contributed by atoms with van der Waals surface area (Å²) in [5.41, 5.74) is 4.01. The molecule has 0 saturated heterocycles. The van der Waals surface area contributed by atoms with Crippen molar-refractivity contribution in [2.24, 2.45) is 0 Å². The standard InChI is InChI=1S/C14H20N2/c1-10(2)15-8-7-12-9-16-14-11(3)5-4-6-13(12)14/h4-6,9-10,15-16H,7-8H2,1-3H3. The van der Waals surface area contributed by atoms with E-state index >= 15 is 0 Å². The van der Waals surface area contributed by atoms with Crippen molar-refractivity contribution in [3.8, 4) is 0 Å². The van der Waals surface area contributed by atoms with Gasteiger partial charge >= 0.3 is 0 Å². The number of aromatic nitrogens is 1. The maximum absolute atomic E-state index is 3.45. The van der Waals surface area contributed by atoms with Crippen molar-refractivity contribution in [3.05, 3.63) is 35.5 Å². The van der Waals surface area contributed by atoms with Crippen LogP contribution in [0.1, 0.15) is 25.0 Å². The van der Waals surface area contributed by atoms with Gasteiger partial charge in [-0.25, -0.2) is 0 Å². The van der Waals surface area contributed by atoms with Gasteiger partial charge < -0.3 is 10.3 Å². The number of hydrogen-bond acceptors (Lipinski definition) is 1. The lowest BCUT2D eigenvalue weighted by Crippen LogP contribution is -2.24. The maximum Gasteiger partial charge on any atom is 0.0486 e. The lowest BCUT2D eigenvalue weighted by Gasteiger charge is -2.07. The van der Waals surface area contributed by atoms with Gasteiger partial charge in [-0.15, -0.1) is 0 Å². The van der Waals surface area contributed by atoms with Crippen LogP contribution in [-0.2, 0) is 6.42 Å². The number of para-hydroxylation sites is 1. The van der Waals surface area contributed by atoms with Crippen molar-refractivity contribution in [1.82, 2.24) is 10.3 Å². The first-order valence-electron chi connectivity index (χ1n) is 5.97. The highest BCUT2D eigenvalue weighted by Crippen LogP contribution is 2.21. The fraction of sp³-hybridized carbons (Fsp3) is 0.429. The second kappa shape index (κ2) is 4.71. The first-order chi connectivity index (χ1) is 7.68. The molecule has 0 atom stereocenters. The Morgan fingerprint density at radius 1 is 1.31 bits per heavy atom. The van der Waals surface area contributed by atoms with Crippen molar-refractivity contribution in [3.63, 3.8) is 0 Å². The SMILES string of the molecule is Cc1cccc2c(CCNC(C)C)c[nH]c12. The molecular weight excluding hydrogens is 196 g/mol. The molecule has 0 aliphatic carbocycles. The predicted molar refractivity (Wildman–Crippen MR) is 69.9 cm³/mol. The molecule has 2 heteroatoms. The molecule has 86 valence electrons. The molecule has 1 heterocycles. The zero-order valence-electron chi connectivity index (χ0n) is 10.3. The quantitative estimate of drug-likeness (QED) is 0.808. The maximum atomic E-state index is 3.45. The van der Waals surface area contributed by atoms with Crippen LogP contribution >= 0.6 is 0 Å². The number of H-pyrrole nitrogens is 1. The number of aryl methyl sites for hydroxylation is 1. The molecule has 0 fully saturated rings. The summed E-state index contributed by atoms with van der Waals surface area (Å²) < 4.78 is 0. The molecule has 0 aliphatic heterocycles. The van der Waals surface area contributed by atoms with Crippen LogP contribution in [0.4, 0.5) is 0 Å². The third kappa shape index (κ3) is 2.27. The molecule has 1 aromatic carbocycles. The molecule has 1 aromatic heterocycles. The van der Waals surface area contributed by atoms with Crippen molar-refractivity contribution in [1.29, 1.82) is 0 Å². The molecule has 16 heavy (non-hydrogen) atoms. The molecule has 0 radical (unpaired) electrons. The number of fused-ring (bicyclic) bond motifs is 1. The Bertz CT molecular complexity index is 469. The Kier molecular flexibility index (Phi) is 3.30. The van der Waals surface area contributed by atoms with Gasteiger partial charge in [-0.3, -0.25) is 0 Å². The summed E-state index contributed by atoms with van der Waals surface area (Å²) >= 11 is 0. The molecular formula is C14H20N2. The molecule has 0 aliphatic rings. The van der Waals surface area contributed by atoms with Gasteiger partial charge in [0.2, 0.25) is 0 Å². The Morgan fingerprint density at radius 2 is 2.12 bits per heavy atom. The van der Waals surface area contributed by atoms with Gasteiger partial charge in [0.1, 0.15) is 0 Å². The van der Waals surface area contributed by atoms with Gasteiger partial charge in [-0.1, -0.05) is 32.0 Å². The summed E-state index contributed by atoms with van der Waals surface area (Å²) in [7, 11) is 0. The molecule has 0 unspecified atom stereocenters. The van der Waals surface area contributed by atoms with E-state index in [1.165, 1.54) is 22.0 Å². The van der Waals surface area contributed by atoms with E-state index in [4.69, 9.17) is 0 Å². The van der Waals surface area contributed by atoms with Gasteiger partial charge in [0, 0.05) is 23.1 Å². The normalized spacial score (nSPS) is 11.5. The minimum atomic E-state index is 0.562. The molecule has 2 aromatic rings. The van der Waals surface area contributed by atoms with Crippen molar-refractivity contribution >= 4 is 10.9 Å². The molecule has 0 spiro atoms. The molecule has 0 saturated carbocycles. The van der Waals surface area contributed by atoms with Crippen LogP contribution in [-0.4, -0.2) is 17.6 Å². The fourth-order valence-corrected chi connectivity index (χ4v) is 2.07. The van der Waals surface area contributed by atoms with Crippen LogP contribution < -0.4 is 5.32 Å². The van der Waals surface area contributed by atoms with Crippen molar-refractivity contribution in [2.45, 2.75) is 33.2 Å². The third-order valence-electron chi connectivity index (χ3n) is 2.96. The first-order valence-corrected chi connectivity index (χ1v) is 5.97. The minimum Gasteiger partial charge on any atom is -0.361 e. The summed E-state index contributed by atoms with van der Waals surface area (Å²) in [6.45, 7) is 7.55. The highest BCUT2D eigenvalue weighted by atomic mass is 14.9. The average Bonchev–Trinajstić information content (AvgIpc) is 2.63. The Morgan fingerprint density at radius 3 is 2.88 bits per heavy atom. The van der Waals surface area contributed by atoms with Crippen molar-refractivity contribution < 1.29 is 0 Å². The largest absolute Gasteiger partial charge is 0.361 e. The number of nitrogens with one attached hydrogen (secondary N) is 2. The summed E-state index contributed by atoms with van der Waals surface area (Å²) in [6, 6.07) is 7.04. The van der Waals surface area contributed by atoms with Crippen molar-refractivity contribution in [2.75, 3.05) is 6.54 Å². The number of rotatable bonds is 4. The van der Waals surface area contributed by atoms with Gasteiger partial charge in [0.05, 0.1) is 0 Å². The average molecular weight is 216 g/mol. The van der Waals surface area contributed by atoms with E-state index in [0.717, 1.165) is 13.0 Å². The number of benzene rings is 1. The zero-order valence-corrected chi connectivity index (χ0v) is 10.3. The summed E-state index contributed by atoms with van der Waals surface area (Å²) in [5.74, 6) is 0. The van der Waals surface area contributed by atoms with Gasteiger partial charge in [0.15, 0.2) is 0 Å². The lowest BCUT2D eigenvalue weighted by molar-refractivity contribution is 0.591. The van der Waals surface area contributed by atoms with E-state index < -0.39 is 0 Å². The van der Waals surface area contributed by atoms with E-state index in [9.17, 15) is 0 Å². The molecule has 2 rings (SSSR count). The molecule has 0 amide bonds. The van der Waals surface area contributed by atoms with Crippen LogP contribution in [0.25, 0.3) is 10.9 Å². The van der Waals surface area contributed by atoms with E-state index in [0.29, 0.717) is 6.04 Å². The Labute approximate surface area is 97.1 Å². The third-order valence-corrected chi connectivity index (χ3v) is 2.96.